The minimum absolute atomic E-state index is 0.0795. The third-order valence-electron chi connectivity index (χ3n) is 3.35. The van der Waals surface area contributed by atoms with E-state index in [-0.39, 0.29) is 5.91 Å². The van der Waals surface area contributed by atoms with E-state index in [1.807, 2.05) is 18.2 Å². The second-order valence-corrected chi connectivity index (χ2v) is 5.72. The Morgan fingerprint density at radius 3 is 2.35 bits per heavy atom. The van der Waals surface area contributed by atoms with Crippen molar-refractivity contribution in [3.05, 3.63) is 63.1 Å². The summed E-state index contributed by atoms with van der Waals surface area (Å²) in [6.07, 6.45) is 0. The fourth-order valence-corrected chi connectivity index (χ4v) is 2.94. The van der Waals surface area contributed by atoms with Crippen LogP contribution >= 0.6 is 23.2 Å². The summed E-state index contributed by atoms with van der Waals surface area (Å²) < 4.78 is 0. The standard InChI is InChI=1S/C15H12Cl2N2O/c16-12-3-10(4-13(17)6-12)15(20)19-7-9-1-2-14(18)5-11(9)8-19/h1-6H,7-8,18H2. The van der Waals surface area contributed by atoms with Crippen molar-refractivity contribution in [3.8, 4) is 0 Å². The first-order valence-electron chi connectivity index (χ1n) is 6.15. The van der Waals surface area contributed by atoms with Crippen LogP contribution in [0.4, 0.5) is 5.69 Å². The number of rotatable bonds is 1. The molecule has 2 N–H and O–H groups in total. The van der Waals surface area contributed by atoms with Crippen molar-refractivity contribution >= 4 is 34.8 Å². The number of hydrogen-bond donors (Lipinski definition) is 1. The van der Waals surface area contributed by atoms with Gasteiger partial charge < -0.3 is 10.6 Å². The summed E-state index contributed by atoms with van der Waals surface area (Å²) in [4.78, 5) is 14.2. The van der Waals surface area contributed by atoms with Crippen molar-refractivity contribution in [1.82, 2.24) is 4.90 Å². The van der Waals surface area contributed by atoms with E-state index < -0.39 is 0 Å². The van der Waals surface area contributed by atoms with Crippen LogP contribution in [-0.2, 0) is 13.1 Å². The number of nitrogen functional groups attached to an aromatic ring is 1. The summed E-state index contributed by atoms with van der Waals surface area (Å²) >= 11 is 11.9. The number of carbonyl (C=O) groups excluding carboxylic acids is 1. The van der Waals surface area contributed by atoms with E-state index in [1.54, 1.807) is 23.1 Å². The summed E-state index contributed by atoms with van der Waals surface area (Å²) in [5, 5.41) is 0.920. The van der Waals surface area contributed by atoms with Crippen molar-refractivity contribution in [3.63, 3.8) is 0 Å². The van der Waals surface area contributed by atoms with Gasteiger partial charge in [-0.2, -0.15) is 0 Å². The van der Waals surface area contributed by atoms with Gasteiger partial charge in [-0.25, -0.2) is 0 Å². The monoisotopic (exact) mass is 306 g/mol. The molecule has 102 valence electrons. The van der Waals surface area contributed by atoms with E-state index in [1.165, 1.54) is 0 Å². The molecular weight excluding hydrogens is 295 g/mol. The molecule has 3 nitrogen and oxygen atoms in total. The molecule has 5 heteroatoms. The van der Waals surface area contributed by atoms with Crippen molar-refractivity contribution in [2.75, 3.05) is 5.73 Å². The van der Waals surface area contributed by atoms with Gasteiger partial charge >= 0.3 is 0 Å². The molecule has 20 heavy (non-hydrogen) atoms. The van der Waals surface area contributed by atoms with Crippen LogP contribution in [0.25, 0.3) is 0 Å². The molecule has 0 atom stereocenters. The molecule has 0 aliphatic carbocycles. The molecule has 0 spiro atoms. The molecule has 0 aromatic heterocycles. The number of nitrogens with two attached hydrogens (primary N) is 1. The van der Waals surface area contributed by atoms with Crippen molar-refractivity contribution in [2.24, 2.45) is 0 Å². The Balaban J connectivity index is 1.87. The van der Waals surface area contributed by atoms with Gasteiger partial charge in [-0.15, -0.1) is 0 Å². The highest BCUT2D eigenvalue weighted by Gasteiger charge is 2.24. The number of nitrogens with zero attached hydrogens (tertiary/aromatic N) is 1. The van der Waals surface area contributed by atoms with Crippen molar-refractivity contribution in [2.45, 2.75) is 13.1 Å². The highest BCUT2D eigenvalue weighted by Crippen LogP contribution is 2.27. The minimum Gasteiger partial charge on any atom is -0.399 e. The minimum atomic E-state index is -0.0795. The number of carbonyl (C=O) groups is 1. The van der Waals surface area contributed by atoms with Gasteiger partial charge in [0.05, 0.1) is 0 Å². The van der Waals surface area contributed by atoms with Crippen molar-refractivity contribution < 1.29 is 4.79 Å². The van der Waals surface area contributed by atoms with E-state index in [4.69, 9.17) is 28.9 Å². The van der Waals surface area contributed by atoms with Gasteiger partial charge in [0, 0.05) is 34.4 Å². The highest BCUT2D eigenvalue weighted by atomic mass is 35.5. The average molecular weight is 307 g/mol. The van der Waals surface area contributed by atoms with E-state index in [0.29, 0.717) is 34.4 Å². The largest absolute Gasteiger partial charge is 0.399 e. The molecule has 1 aliphatic heterocycles. The van der Waals surface area contributed by atoms with Crippen molar-refractivity contribution in [1.29, 1.82) is 0 Å². The average Bonchev–Trinajstić information content (AvgIpc) is 2.79. The van der Waals surface area contributed by atoms with E-state index in [0.717, 1.165) is 11.1 Å². The molecular formula is C15H12Cl2N2O. The summed E-state index contributed by atoms with van der Waals surface area (Å²) in [5.41, 5.74) is 9.19. The second kappa shape index (κ2) is 5.00. The Bertz CT molecular complexity index is 680. The Morgan fingerprint density at radius 1 is 1.00 bits per heavy atom. The molecule has 0 saturated carbocycles. The van der Waals surface area contributed by atoms with Gasteiger partial charge in [-0.05, 0) is 41.5 Å². The molecule has 2 aromatic rings. The number of anilines is 1. The van der Waals surface area contributed by atoms with Gasteiger partial charge in [0.1, 0.15) is 0 Å². The van der Waals surface area contributed by atoms with Gasteiger partial charge in [0.25, 0.3) is 5.91 Å². The first kappa shape index (κ1) is 13.3. The highest BCUT2D eigenvalue weighted by molar-refractivity contribution is 6.35. The van der Waals surface area contributed by atoms with Crippen LogP contribution in [-0.4, -0.2) is 10.8 Å². The lowest BCUT2D eigenvalue weighted by Gasteiger charge is -2.15. The van der Waals surface area contributed by atoms with Crippen LogP contribution in [0.15, 0.2) is 36.4 Å². The molecule has 1 amide bonds. The summed E-state index contributed by atoms with van der Waals surface area (Å²) in [7, 11) is 0. The lowest BCUT2D eigenvalue weighted by Crippen LogP contribution is -2.25. The van der Waals surface area contributed by atoms with E-state index in [2.05, 4.69) is 0 Å². The van der Waals surface area contributed by atoms with E-state index >= 15 is 0 Å². The lowest BCUT2D eigenvalue weighted by molar-refractivity contribution is 0.0751. The number of benzene rings is 2. The molecule has 0 fully saturated rings. The van der Waals surface area contributed by atoms with Crippen LogP contribution in [0.3, 0.4) is 0 Å². The van der Waals surface area contributed by atoms with Gasteiger partial charge in [0.2, 0.25) is 0 Å². The van der Waals surface area contributed by atoms with Gasteiger partial charge in [0.15, 0.2) is 0 Å². The predicted molar refractivity (Wildman–Crippen MR) is 80.9 cm³/mol. The first-order valence-corrected chi connectivity index (χ1v) is 6.91. The summed E-state index contributed by atoms with van der Waals surface area (Å²) in [6.45, 7) is 1.14. The third kappa shape index (κ3) is 2.47. The fraction of sp³-hybridized carbons (Fsp3) is 0.133. The van der Waals surface area contributed by atoms with Crippen LogP contribution < -0.4 is 5.73 Å². The predicted octanol–water partition coefficient (Wildman–Crippen LogP) is 3.73. The summed E-state index contributed by atoms with van der Waals surface area (Å²) in [5.74, 6) is -0.0795. The zero-order valence-corrected chi connectivity index (χ0v) is 12.1. The van der Waals surface area contributed by atoms with Crippen LogP contribution in [0.2, 0.25) is 10.0 Å². The summed E-state index contributed by atoms with van der Waals surface area (Å²) in [6, 6.07) is 10.6. The van der Waals surface area contributed by atoms with Crippen LogP contribution in [0.5, 0.6) is 0 Å². The number of halogens is 2. The second-order valence-electron chi connectivity index (χ2n) is 4.85. The maximum Gasteiger partial charge on any atom is 0.254 e. The molecule has 0 bridgehead atoms. The Hall–Kier alpha value is -1.71. The lowest BCUT2D eigenvalue weighted by atomic mass is 10.1. The number of hydrogen-bond acceptors (Lipinski definition) is 2. The van der Waals surface area contributed by atoms with Crippen LogP contribution in [0, 0.1) is 0 Å². The molecule has 1 aliphatic rings. The molecule has 2 aromatic carbocycles. The molecule has 3 rings (SSSR count). The van der Waals surface area contributed by atoms with E-state index in [9.17, 15) is 4.79 Å². The zero-order chi connectivity index (χ0) is 14.3. The SMILES string of the molecule is Nc1ccc2c(c1)CN(C(=O)c1cc(Cl)cc(Cl)c1)C2. The fourth-order valence-electron chi connectivity index (χ4n) is 2.42. The molecule has 0 unspecified atom stereocenters. The van der Waals surface area contributed by atoms with Gasteiger partial charge in [-0.1, -0.05) is 29.3 Å². The zero-order valence-electron chi connectivity index (χ0n) is 10.6. The Kier molecular flexibility index (Phi) is 3.32. The topological polar surface area (TPSA) is 46.3 Å². The number of fused-ring (bicyclic) bond motifs is 1. The first-order chi connectivity index (χ1) is 9.52. The molecule has 1 heterocycles. The maximum atomic E-state index is 12.5. The Morgan fingerprint density at radius 2 is 1.65 bits per heavy atom. The Labute approximate surface area is 126 Å². The third-order valence-corrected chi connectivity index (χ3v) is 3.79. The molecule has 0 saturated heterocycles. The normalized spacial score (nSPS) is 13.4. The van der Waals surface area contributed by atoms with Crippen LogP contribution in [0.1, 0.15) is 21.5 Å². The maximum absolute atomic E-state index is 12.5. The quantitative estimate of drug-likeness (QED) is 0.816. The number of amides is 1. The molecule has 0 radical (unpaired) electrons. The van der Waals surface area contributed by atoms with Gasteiger partial charge in [-0.3, -0.25) is 4.79 Å². The smallest absolute Gasteiger partial charge is 0.254 e.